The molecule has 1 amide bonds. The van der Waals surface area contributed by atoms with Gasteiger partial charge in [0.05, 0.1) is 25.8 Å². The van der Waals surface area contributed by atoms with Gasteiger partial charge in [-0.05, 0) is 55.3 Å². The Hall–Kier alpha value is -1.60. The van der Waals surface area contributed by atoms with Crippen LogP contribution in [-0.4, -0.2) is 51.9 Å². The highest BCUT2D eigenvalue weighted by atomic mass is 79.9. The number of pyridine rings is 1. The van der Waals surface area contributed by atoms with Crippen LogP contribution in [0.5, 0.6) is 0 Å². The van der Waals surface area contributed by atoms with E-state index in [2.05, 4.69) is 44.7 Å². The van der Waals surface area contributed by atoms with Crippen LogP contribution in [-0.2, 0) is 16.0 Å². The third-order valence-corrected chi connectivity index (χ3v) is 4.50. The summed E-state index contributed by atoms with van der Waals surface area (Å²) in [6.07, 6.45) is 3.52. The van der Waals surface area contributed by atoms with Gasteiger partial charge < -0.3 is 18.9 Å². The Kier molecular flexibility index (Phi) is 5.06. The number of carbonyl (C=O) groups excluding carboxylic acids is 1. The van der Waals surface area contributed by atoms with Crippen LogP contribution in [0.25, 0.3) is 11.0 Å². The minimum Gasteiger partial charge on any atom is -0.444 e. The second kappa shape index (κ2) is 6.96. The Labute approximate surface area is 156 Å². The van der Waals surface area contributed by atoms with E-state index in [1.54, 1.807) is 11.1 Å². The number of aromatic nitrogens is 2. The lowest BCUT2D eigenvalue weighted by Gasteiger charge is -2.34. The fraction of sp³-hybridized carbons (Fsp3) is 0.556. The number of fused-ring (bicyclic) bond motifs is 1. The number of hydrogen-bond acceptors (Lipinski definition) is 4. The molecule has 0 spiro atoms. The first-order valence-corrected chi connectivity index (χ1v) is 9.23. The Morgan fingerprint density at radius 1 is 1.48 bits per heavy atom. The number of carbonyl (C=O) groups is 1. The molecule has 1 aliphatic rings. The van der Waals surface area contributed by atoms with Crippen LogP contribution in [0.2, 0.25) is 0 Å². The van der Waals surface area contributed by atoms with Crippen LogP contribution < -0.4 is 0 Å². The Morgan fingerprint density at radius 3 is 2.96 bits per heavy atom. The summed E-state index contributed by atoms with van der Waals surface area (Å²) in [7, 11) is 0. The quantitative estimate of drug-likeness (QED) is 0.757. The van der Waals surface area contributed by atoms with Gasteiger partial charge in [-0.25, -0.2) is 9.78 Å². The van der Waals surface area contributed by atoms with Crippen molar-refractivity contribution < 1.29 is 14.3 Å². The standard InChI is InChI=1S/C18H24BrN3O3/c1-12-9-22(16-15(12)7-13(19)8-20-16)11-14-10-21(5-6-24-14)17(23)25-18(2,3)4/h7-9,14H,5-6,10-11H2,1-4H3/t14-/m0/s1. The van der Waals surface area contributed by atoms with E-state index >= 15 is 0 Å². The smallest absolute Gasteiger partial charge is 0.410 e. The van der Waals surface area contributed by atoms with Gasteiger partial charge in [0.2, 0.25) is 0 Å². The predicted octanol–water partition coefficient (Wildman–Crippen LogP) is 3.74. The summed E-state index contributed by atoms with van der Waals surface area (Å²) < 4.78 is 14.4. The van der Waals surface area contributed by atoms with Crippen molar-refractivity contribution in [3.63, 3.8) is 0 Å². The van der Waals surface area contributed by atoms with Gasteiger partial charge in [-0.3, -0.25) is 0 Å². The van der Waals surface area contributed by atoms with Gasteiger partial charge in [0.25, 0.3) is 0 Å². The first kappa shape index (κ1) is 18.2. The molecule has 1 aliphatic heterocycles. The van der Waals surface area contributed by atoms with Gasteiger partial charge in [-0.2, -0.15) is 0 Å². The van der Waals surface area contributed by atoms with E-state index in [1.807, 2.05) is 20.8 Å². The van der Waals surface area contributed by atoms with Gasteiger partial charge in [0.1, 0.15) is 11.2 Å². The number of rotatable bonds is 2. The van der Waals surface area contributed by atoms with Gasteiger partial charge in [0.15, 0.2) is 0 Å². The molecule has 0 aromatic carbocycles. The zero-order valence-corrected chi connectivity index (χ0v) is 16.7. The first-order valence-electron chi connectivity index (χ1n) is 8.43. The normalized spacial score (nSPS) is 18.6. The molecule has 25 heavy (non-hydrogen) atoms. The fourth-order valence-electron chi connectivity index (χ4n) is 3.00. The maximum absolute atomic E-state index is 12.3. The van der Waals surface area contributed by atoms with Crippen molar-refractivity contribution in [2.75, 3.05) is 19.7 Å². The summed E-state index contributed by atoms with van der Waals surface area (Å²) in [6, 6.07) is 2.07. The zero-order valence-electron chi connectivity index (χ0n) is 15.1. The molecule has 0 N–H and O–H groups in total. The summed E-state index contributed by atoms with van der Waals surface area (Å²) in [5.74, 6) is 0. The number of halogens is 1. The second-order valence-electron chi connectivity index (χ2n) is 7.41. The van der Waals surface area contributed by atoms with Gasteiger partial charge >= 0.3 is 6.09 Å². The van der Waals surface area contributed by atoms with Crippen LogP contribution >= 0.6 is 15.9 Å². The van der Waals surface area contributed by atoms with E-state index < -0.39 is 5.60 Å². The molecule has 6 nitrogen and oxygen atoms in total. The lowest BCUT2D eigenvalue weighted by atomic mass is 10.2. The summed E-state index contributed by atoms with van der Waals surface area (Å²) in [4.78, 5) is 18.5. The Bertz CT molecular complexity index is 782. The lowest BCUT2D eigenvalue weighted by Crippen LogP contribution is -2.48. The zero-order chi connectivity index (χ0) is 18.2. The molecular formula is C18H24BrN3O3. The number of aryl methyl sites for hydroxylation is 1. The average Bonchev–Trinajstić information content (AvgIpc) is 2.81. The third-order valence-electron chi connectivity index (χ3n) is 4.07. The molecule has 1 fully saturated rings. The highest BCUT2D eigenvalue weighted by Gasteiger charge is 2.28. The molecule has 0 bridgehead atoms. The highest BCUT2D eigenvalue weighted by molar-refractivity contribution is 9.10. The molecule has 7 heteroatoms. The average molecular weight is 410 g/mol. The second-order valence-corrected chi connectivity index (χ2v) is 8.32. The molecule has 0 saturated carbocycles. The SMILES string of the molecule is Cc1cn(C[C@@H]2CN(C(=O)OC(C)(C)C)CCO2)c2ncc(Br)cc12. The molecule has 0 aliphatic carbocycles. The first-order chi connectivity index (χ1) is 11.7. The van der Waals surface area contributed by atoms with E-state index in [9.17, 15) is 4.79 Å². The maximum atomic E-state index is 12.3. The van der Waals surface area contributed by atoms with Gasteiger partial charge in [0, 0.05) is 28.8 Å². The van der Waals surface area contributed by atoms with Crippen molar-refractivity contribution in [1.82, 2.24) is 14.5 Å². The molecule has 2 aromatic heterocycles. The highest BCUT2D eigenvalue weighted by Crippen LogP contribution is 2.23. The summed E-state index contributed by atoms with van der Waals surface area (Å²) in [6.45, 7) is 9.94. The van der Waals surface area contributed by atoms with Crippen LogP contribution in [0.15, 0.2) is 22.9 Å². The van der Waals surface area contributed by atoms with Crippen molar-refractivity contribution >= 4 is 33.1 Å². The molecule has 0 unspecified atom stereocenters. The predicted molar refractivity (Wildman–Crippen MR) is 99.7 cm³/mol. The monoisotopic (exact) mass is 409 g/mol. The molecule has 136 valence electrons. The number of morpholine rings is 1. The molecule has 0 radical (unpaired) electrons. The van der Waals surface area contributed by atoms with Crippen LogP contribution in [0, 0.1) is 6.92 Å². The molecular weight excluding hydrogens is 386 g/mol. The van der Waals surface area contributed by atoms with E-state index in [1.165, 1.54) is 5.56 Å². The topological polar surface area (TPSA) is 56.6 Å². The molecule has 1 saturated heterocycles. The van der Waals surface area contributed by atoms with Crippen molar-refractivity contribution in [3.8, 4) is 0 Å². The van der Waals surface area contributed by atoms with E-state index in [4.69, 9.17) is 9.47 Å². The summed E-state index contributed by atoms with van der Waals surface area (Å²) >= 11 is 3.47. The molecule has 3 heterocycles. The van der Waals surface area contributed by atoms with Crippen molar-refractivity contribution in [1.29, 1.82) is 0 Å². The molecule has 2 aromatic rings. The van der Waals surface area contributed by atoms with E-state index in [-0.39, 0.29) is 12.2 Å². The number of ether oxygens (including phenoxy) is 2. The number of nitrogens with zero attached hydrogens (tertiary/aromatic N) is 3. The van der Waals surface area contributed by atoms with Gasteiger partial charge in [-0.1, -0.05) is 0 Å². The lowest BCUT2D eigenvalue weighted by molar-refractivity contribution is -0.0469. The van der Waals surface area contributed by atoms with E-state index in [0.717, 1.165) is 15.5 Å². The third kappa shape index (κ3) is 4.33. The van der Waals surface area contributed by atoms with Gasteiger partial charge in [-0.15, -0.1) is 0 Å². The number of amides is 1. The molecule has 3 rings (SSSR count). The van der Waals surface area contributed by atoms with Crippen LogP contribution in [0.1, 0.15) is 26.3 Å². The number of hydrogen-bond donors (Lipinski definition) is 0. The molecule has 1 atom stereocenters. The minimum atomic E-state index is -0.490. The van der Waals surface area contributed by atoms with Crippen LogP contribution in [0.4, 0.5) is 4.79 Å². The minimum absolute atomic E-state index is 0.0817. The fourth-order valence-corrected chi connectivity index (χ4v) is 3.33. The van der Waals surface area contributed by atoms with Crippen molar-refractivity contribution in [3.05, 3.63) is 28.5 Å². The van der Waals surface area contributed by atoms with Crippen molar-refractivity contribution in [2.24, 2.45) is 0 Å². The Morgan fingerprint density at radius 2 is 2.24 bits per heavy atom. The van der Waals surface area contributed by atoms with Crippen molar-refractivity contribution in [2.45, 2.75) is 45.9 Å². The summed E-state index contributed by atoms with van der Waals surface area (Å²) in [5, 5.41) is 1.12. The van der Waals surface area contributed by atoms with Crippen LogP contribution in [0.3, 0.4) is 0 Å². The maximum Gasteiger partial charge on any atom is 0.410 e. The Balaban J connectivity index is 1.72. The van der Waals surface area contributed by atoms with E-state index in [0.29, 0.717) is 26.2 Å². The largest absolute Gasteiger partial charge is 0.444 e. The summed E-state index contributed by atoms with van der Waals surface area (Å²) in [5.41, 5.74) is 1.61.